The summed E-state index contributed by atoms with van der Waals surface area (Å²) in [5.74, 6) is -0.266. The summed E-state index contributed by atoms with van der Waals surface area (Å²) < 4.78 is 1.72. The van der Waals surface area contributed by atoms with E-state index >= 15 is 0 Å². The van der Waals surface area contributed by atoms with Gasteiger partial charge in [-0.2, -0.15) is 0 Å². The molecule has 0 unspecified atom stereocenters. The zero-order valence-electron chi connectivity index (χ0n) is 11.0. The van der Waals surface area contributed by atoms with Gasteiger partial charge in [0.05, 0.1) is 15.2 Å². The maximum absolute atomic E-state index is 12.3. The molecule has 1 N–H and O–H groups in total. The van der Waals surface area contributed by atoms with Crippen LogP contribution in [0.2, 0.25) is 0 Å². The van der Waals surface area contributed by atoms with Crippen molar-refractivity contribution in [2.75, 3.05) is 13.1 Å². The van der Waals surface area contributed by atoms with Crippen molar-refractivity contribution in [3.63, 3.8) is 0 Å². The Bertz CT molecular complexity index is 455. The van der Waals surface area contributed by atoms with Gasteiger partial charge in [0.25, 0.3) is 5.91 Å². The van der Waals surface area contributed by atoms with Crippen LogP contribution in [0.15, 0.2) is 14.3 Å². The number of thiophene rings is 1. The number of hydrogen-bond donors (Lipinski definition) is 1. The van der Waals surface area contributed by atoms with Crippen molar-refractivity contribution in [3.05, 3.63) is 19.2 Å². The number of likely N-dealkylation sites (N-methyl/N-ethyl adjacent to an activating group) is 1. The maximum Gasteiger partial charge on any atom is 0.264 e. The quantitative estimate of drug-likeness (QED) is 0.808. The van der Waals surface area contributed by atoms with E-state index in [1.165, 1.54) is 16.2 Å². The van der Waals surface area contributed by atoms with E-state index in [0.717, 1.165) is 8.26 Å². The second kappa shape index (κ2) is 7.40. The lowest BCUT2D eigenvalue weighted by atomic mass is 10.3. The fourth-order valence-corrected chi connectivity index (χ4v) is 3.48. The number of carbonyl (C=O) groups is 2. The van der Waals surface area contributed by atoms with Crippen molar-refractivity contribution in [2.24, 2.45) is 0 Å². The lowest BCUT2D eigenvalue weighted by Crippen LogP contribution is -2.42. The summed E-state index contributed by atoms with van der Waals surface area (Å²) in [6, 6.07) is 1.84. The van der Waals surface area contributed by atoms with Gasteiger partial charge < -0.3 is 10.2 Å². The van der Waals surface area contributed by atoms with Crippen LogP contribution < -0.4 is 5.32 Å². The summed E-state index contributed by atoms with van der Waals surface area (Å²) in [5.41, 5.74) is 0. The zero-order valence-corrected chi connectivity index (χ0v) is 15.0. The lowest BCUT2D eigenvalue weighted by molar-refractivity contribution is -0.122. The average molecular weight is 412 g/mol. The summed E-state index contributed by atoms with van der Waals surface area (Å²) in [5, 5.41) is 2.78. The van der Waals surface area contributed by atoms with Crippen LogP contribution in [0.5, 0.6) is 0 Å². The smallest absolute Gasteiger partial charge is 0.264 e. The van der Waals surface area contributed by atoms with Gasteiger partial charge in [-0.1, -0.05) is 0 Å². The van der Waals surface area contributed by atoms with E-state index in [1.807, 2.05) is 20.8 Å². The SMILES string of the molecule is CCN(CC(=O)NC(C)C)C(=O)c1cc(Br)c(Br)s1. The number of nitrogens with one attached hydrogen (secondary N) is 1. The first kappa shape index (κ1) is 16.7. The number of rotatable bonds is 5. The van der Waals surface area contributed by atoms with Crippen LogP contribution in [0.3, 0.4) is 0 Å². The van der Waals surface area contributed by atoms with E-state index in [-0.39, 0.29) is 24.4 Å². The second-order valence-corrected chi connectivity index (χ2v) is 7.50. The molecule has 0 fully saturated rings. The molecule has 0 spiro atoms. The van der Waals surface area contributed by atoms with E-state index in [4.69, 9.17) is 0 Å². The van der Waals surface area contributed by atoms with E-state index in [0.29, 0.717) is 11.4 Å². The molecule has 1 aromatic rings. The third kappa shape index (κ3) is 4.89. The average Bonchev–Trinajstić information content (AvgIpc) is 2.65. The Balaban J connectivity index is 2.74. The molecule has 7 heteroatoms. The van der Waals surface area contributed by atoms with Gasteiger partial charge in [-0.25, -0.2) is 0 Å². The molecule has 1 rings (SSSR count). The minimum absolute atomic E-state index is 0.0753. The Morgan fingerprint density at radius 1 is 1.42 bits per heavy atom. The molecule has 0 aliphatic heterocycles. The predicted octanol–water partition coefficient (Wildman–Crippen LogP) is 3.26. The Hall–Kier alpha value is -0.400. The fraction of sp³-hybridized carbons (Fsp3) is 0.500. The van der Waals surface area contributed by atoms with Crippen LogP contribution in [0.1, 0.15) is 30.4 Å². The molecule has 4 nitrogen and oxygen atoms in total. The van der Waals surface area contributed by atoms with Crippen LogP contribution in [0, 0.1) is 0 Å². The molecule has 0 saturated carbocycles. The van der Waals surface area contributed by atoms with E-state index < -0.39 is 0 Å². The standard InChI is InChI=1S/C12H16Br2N2O2S/c1-4-16(6-10(17)15-7(2)3)12(18)9-5-8(13)11(14)19-9/h5,7H,4,6H2,1-3H3,(H,15,17). The highest BCUT2D eigenvalue weighted by Gasteiger charge is 2.20. The van der Waals surface area contributed by atoms with E-state index in [9.17, 15) is 9.59 Å². The van der Waals surface area contributed by atoms with Gasteiger partial charge in [0.1, 0.15) is 0 Å². The normalized spacial score (nSPS) is 10.6. The van der Waals surface area contributed by atoms with E-state index in [2.05, 4.69) is 37.2 Å². The molecule has 0 radical (unpaired) electrons. The summed E-state index contributed by atoms with van der Waals surface area (Å²) >= 11 is 8.07. The summed E-state index contributed by atoms with van der Waals surface area (Å²) in [6.07, 6.45) is 0. The van der Waals surface area contributed by atoms with Crippen LogP contribution in [-0.4, -0.2) is 35.8 Å². The van der Waals surface area contributed by atoms with Crippen LogP contribution in [-0.2, 0) is 4.79 Å². The summed E-state index contributed by atoms with van der Waals surface area (Å²) in [7, 11) is 0. The lowest BCUT2D eigenvalue weighted by Gasteiger charge is -2.20. The van der Waals surface area contributed by atoms with Gasteiger partial charge in [-0.3, -0.25) is 9.59 Å². The van der Waals surface area contributed by atoms with Gasteiger partial charge in [0, 0.05) is 17.1 Å². The first-order valence-electron chi connectivity index (χ1n) is 5.88. The van der Waals surface area contributed by atoms with Crippen LogP contribution in [0.4, 0.5) is 0 Å². The van der Waals surface area contributed by atoms with Gasteiger partial charge in [0.15, 0.2) is 0 Å². The van der Waals surface area contributed by atoms with Crippen molar-refractivity contribution in [1.29, 1.82) is 0 Å². The maximum atomic E-state index is 12.3. The highest BCUT2D eigenvalue weighted by molar-refractivity contribution is 9.13. The highest BCUT2D eigenvalue weighted by atomic mass is 79.9. The summed E-state index contributed by atoms with van der Waals surface area (Å²) in [6.45, 7) is 6.23. The van der Waals surface area contributed by atoms with Gasteiger partial charge >= 0.3 is 0 Å². The Labute approximate surface area is 133 Å². The Morgan fingerprint density at radius 3 is 2.47 bits per heavy atom. The molecule has 0 aromatic carbocycles. The van der Waals surface area contributed by atoms with Crippen molar-refractivity contribution in [1.82, 2.24) is 10.2 Å². The van der Waals surface area contributed by atoms with Crippen molar-refractivity contribution in [3.8, 4) is 0 Å². The topological polar surface area (TPSA) is 49.4 Å². The summed E-state index contributed by atoms with van der Waals surface area (Å²) in [4.78, 5) is 26.1. The number of halogens is 2. The third-order valence-electron chi connectivity index (χ3n) is 2.31. The first-order chi connectivity index (χ1) is 8.85. The Kier molecular flexibility index (Phi) is 6.49. The fourth-order valence-electron chi connectivity index (χ4n) is 1.48. The molecule has 0 atom stereocenters. The minimum Gasteiger partial charge on any atom is -0.352 e. The molecule has 1 aromatic heterocycles. The number of hydrogen-bond acceptors (Lipinski definition) is 3. The molecular formula is C12H16Br2N2O2S. The number of nitrogens with zero attached hydrogens (tertiary/aromatic N) is 1. The second-order valence-electron chi connectivity index (χ2n) is 4.27. The van der Waals surface area contributed by atoms with Crippen molar-refractivity contribution in [2.45, 2.75) is 26.8 Å². The largest absolute Gasteiger partial charge is 0.352 e. The van der Waals surface area contributed by atoms with Gasteiger partial charge in [-0.15, -0.1) is 11.3 Å². The van der Waals surface area contributed by atoms with E-state index in [1.54, 1.807) is 6.07 Å². The molecule has 19 heavy (non-hydrogen) atoms. The van der Waals surface area contributed by atoms with Crippen molar-refractivity contribution >= 4 is 55.0 Å². The first-order valence-corrected chi connectivity index (χ1v) is 8.28. The van der Waals surface area contributed by atoms with Gasteiger partial charge in [0.2, 0.25) is 5.91 Å². The highest BCUT2D eigenvalue weighted by Crippen LogP contribution is 2.32. The number of carbonyl (C=O) groups excluding carboxylic acids is 2. The monoisotopic (exact) mass is 410 g/mol. The number of amides is 2. The molecule has 0 bridgehead atoms. The molecule has 0 aliphatic rings. The molecule has 1 heterocycles. The molecule has 0 aliphatic carbocycles. The van der Waals surface area contributed by atoms with Crippen LogP contribution >= 0.6 is 43.2 Å². The Morgan fingerprint density at radius 2 is 2.05 bits per heavy atom. The van der Waals surface area contributed by atoms with Gasteiger partial charge in [-0.05, 0) is 58.7 Å². The van der Waals surface area contributed by atoms with Crippen molar-refractivity contribution < 1.29 is 9.59 Å². The molecule has 0 saturated heterocycles. The minimum atomic E-state index is -0.139. The van der Waals surface area contributed by atoms with Crippen LogP contribution in [0.25, 0.3) is 0 Å². The predicted molar refractivity (Wildman–Crippen MR) is 84.6 cm³/mol. The third-order valence-corrected chi connectivity index (χ3v) is 5.55. The molecular weight excluding hydrogens is 396 g/mol. The molecule has 106 valence electrons. The zero-order chi connectivity index (χ0) is 14.6. The molecule has 2 amide bonds.